The lowest BCUT2D eigenvalue weighted by atomic mass is 10.1. The summed E-state index contributed by atoms with van der Waals surface area (Å²) >= 11 is 0. The molecule has 4 rings (SSSR count). The Morgan fingerprint density at radius 1 is 1.30 bits per heavy atom. The predicted molar refractivity (Wildman–Crippen MR) is 122 cm³/mol. The number of nitrogens with two attached hydrogens (primary N) is 1. The zero-order valence-electron chi connectivity index (χ0n) is 18.5. The van der Waals surface area contributed by atoms with Gasteiger partial charge in [0.05, 0.1) is 24.7 Å². The third-order valence-electron chi connectivity index (χ3n) is 5.92. The number of hydrogen-bond acceptors (Lipinski definition) is 6. The molecule has 3 aromatic rings. The molecule has 1 aliphatic rings. The summed E-state index contributed by atoms with van der Waals surface area (Å²) in [5, 5.41) is 9.36. The second kappa shape index (κ2) is 8.93. The molecule has 1 aromatic carbocycles. The average Bonchev–Trinajstić information content (AvgIpc) is 3.19. The number of nitrogens with zero attached hydrogens (tertiary/aromatic N) is 6. The molecule has 1 saturated heterocycles. The zero-order chi connectivity index (χ0) is 23.7. The van der Waals surface area contributed by atoms with Crippen molar-refractivity contribution < 1.29 is 4.39 Å². The molecular weight excluding hydrogens is 425 g/mol. The molecule has 9 nitrogen and oxygen atoms in total. The van der Waals surface area contributed by atoms with E-state index < -0.39 is 17.1 Å². The number of anilines is 1. The van der Waals surface area contributed by atoms with E-state index in [2.05, 4.69) is 16.8 Å². The van der Waals surface area contributed by atoms with Gasteiger partial charge in [-0.15, -0.1) is 5.92 Å². The minimum Gasteiger partial charge on any atom is -0.341 e. The van der Waals surface area contributed by atoms with Crippen LogP contribution in [-0.2, 0) is 20.1 Å². The Hall–Kier alpha value is -3.89. The van der Waals surface area contributed by atoms with Crippen molar-refractivity contribution >= 4 is 17.1 Å². The molecule has 0 saturated carbocycles. The van der Waals surface area contributed by atoms with Gasteiger partial charge in [-0.2, -0.15) is 10.2 Å². The van der Waals surface area contributed by atoms with Crippen molar-refractivity contribution in [3.05, 3.63) is 56.0 Å². The van der Waals surface area contributed by atoms with Crippen LogP contribution in [0.15, 0.2) is 27.8 Å². The van der Waals surface area contributed by atoms with Crippen LogP contribution < -0.4 is 21.9 Å². The highest BCUT2D eigenvalue weighted by atomic mass is 19.1. The number of imidazole rings is 1. The Morgan fingerprint density at radius 2 is 2.09 bits per heavy atom. The van der Waals surface area contributed by atoms with Gasteiger partial charge < -0.3 is 10.6 Å². The van der Waals surface area contributed by atoms with Crippen LogP contribution in [0.5, 0.6) is 0 Å². The molecule has 10 heteroatoms. The van der Waals surface area contributed by atoms with Crippen molar-refractivity contribution in [1.29, 1.82) is 5.26 Å². The maximum atomic E-state index is 14.5. The van der Waals surface area contributed by atoms with E-state index in [9.17, 15) is 19.2 Å². The molecule has 2 N–H and O–H groups in total. The molecule has 0 radical (unpaired) electrons. The summed E-state index contributed by atoms with van der Waals surface area (Å²) in [5.41, 5.74) is 5.37. The summed E-state index contributed by atoms with van der Waals surface area (Å²) < 4.78 is 18.4. The van der Waals surface area contributed by atoms with E-state index in [1.165, 1.54) is 29.8 Å². The van der Waals surface area contributed by atoms with Crippen molar-refractivity contribution in [3.63, 3.8) is 0 Å². The first kappa shape index (κ1) is 22.3. The Morgan fingerprint density at radius 3 is 2.79 bits per heavy atom. The van der Waals surface area contributed by atoms with Crippen LogP contribution in [0.3, 0.4) is 0 Å². The summed E-state index contributed by atoms with van der Waals surface area (Å²) in [6, 6.07) is 5.96. The van der Waals surface area contributed by atoms with E-state index in [1.807, 2.05) is 11.0 Å². The Balaban J connectivity index is 1.96. The molecule has 1 fully saturated rings. The van der Waals surface area contributed by atoms with E-state index in [0.29, 0.717) is 12.5 Å². The lowest BCUT2D eigenvalue weighted by Gasteiger charge is -2.31. The molecule has 0 amide bonds. The monoisotopic (exact) mass is 449 g/mol. The number of aryl methyl sites for hydroxylation is 1. The van der Waals surface area contributed by atoms with Crippen molar-refractivity contribution in [1.82, 2.24) is 18.7 Å². The van der Waals surface area contributed by atoms with E-state index in [-0.39, 0.29) is 41.4 Å². The number of aromatic nitrogens is 4. The maximum absolute atomic E-state index is 14.5. The molecule has 1 aliphatic heterocycles. The SMILES string of the molecule is CC#CCn1c(N2CCCC(N)C2)nc2c1c(=O)n(Cc1c(F)cccc1C#N)c(=O)n2C. The van der Waals surface area contributed by atoms with Crippen LogP contribution in [0.25, 0.3) is 11.2 Å². The van der Waals surface area contributed by atoms with Gasteiger partial charge in [-0.05, 0) is 31.9 Å². The first-order chi connectivity index (χ1) is 15.9. The second-order valence-corrected chi connectivity index (χ2v) is 8.06. The van der Waals surface area contributed by atoms with Gasteiger partial charge >= 0.3 is 5.69 Å². The summed E-state index contributed by atoms with van der Waals surface area (Å²) in [6.07, 6.45) is 1.79. The van der Waals surface area contributed by atoms with Crippen molar-refractivity contribution in [2.45, 2.75) is 38.9 Å². The molecule has 2 aromatic heterocycles. The summed E-state index contributed by atoms with van der Waals surface area (Å²) in [7, 11) is 1.52. The molecule has 3 heterocycles. The Kier molecular flexibility index (Phi) is 6.03. The number of benzene rings is 1. The molecule has 0 bridgehead atoms. The van der Waals surface area contributed by atoms with Crippen LogP contribution in [0.2, 0.25) is 0 Å². The third-order valence-corrected chi connectivity index (χ3v) is 5.92. The second-order valence-electron chi connectivity index (χ2n) is 8.06. The summed E-state index contributed by atoms with van der Waals surface area (Å²) in [5.74, 6) is 5.66. The van der Waals surface area contributed by atoms with Gasteiger partial charge in [0, 0.05) is 31.7 Å². The summed E-state index contributed by atoms with van der Waals surface area (Å²) in [4.78, 5) is 33.3. The maximum Gasteiger partial charge on any atom is 0.332 e. The molecule has 0 spiro atoms. The van der Waals surface area contributed by atoms with Gasteiger partial charge in [-0.3, -0.25) is 18.5 Å². The molecular formula is C23H24FN7O2. The van der Waals surface area contributed by atoms with Crippen LogP contribution >= 0.6 is 0 Å². The topological polar surface area (TPSA) is 115 Å². The minimum absolute atomic E-state index is 0.0137. The molecule has 33 heavy (non-hydrogen) atoms. The normalized spacial score (nSPS) is 15.8. The van der Waals surface area contributed by atoms with E-state index >= 15 is 0 Å². The zero-order valence-corrected chi connectivity index (χ0v) is 18.5. The number of fused-ring (bicyclic) bond motifs is 1. The fourth-order valence-corrected chi connectivity index (χ4v) is 4.22. The predicted octanol–water partition coefficient (Wildman–Crippen LogP) is 0.907. The van der Waals surface area contributed by atoms with Crippen LogP contribution in [0, 0.1) is 29.0 Å². The van der Waals surface area contributed by atoms with Crippen molar-refractivity contribution in [3.8, 4) is 17.9 Å². The van der Waals surface area contributed by atoms with Crippen molar-refractivity contribution in [2.75, 3.05) is 18.0 Å². The molecule has 170 valence electrons. The van der Waals surface area contributed by atoms with Crippen LogP contribution in [0.4, 0.5) is 10.3 Å². The highest BCUT2D eigenvalue weighted by Gasteiger charge is 2.26. The smallest absolute Gasteiger partial charge is 0.332 e. The highest BCUT2D eigenvalue weighted by molar-refractivity contribution is 5.75. The van der Waals surface area contributed by atoms with Crippen LogP contribution in [0.1, 0.15) is 30.9 Å². The van der Waals surface area contributed by atoms with Gasteiger partial charge in [-0.1, -0.05) is 12.0 Å². The van der Waals surface area contributed by atoms with Gasteiger partial charge in [0.2, 0.25) is 5.95 Å². The first-order valence-corrected chi connectivity index (χ1v) is 10.6. The average molecular weight is 449 g/mol. The first-order valence-electron chi connectivity index (χ1n) is 10.6. The fourth-order valence-electron chi connectivity index (χ4n) is 4.22. The number of nitriles is 1. The fraction of sp³-hybridized carbons (Fsp3) is 0.391. The standard InChI is InChI=1S/C23H24FN7O2/c1-3-4-11-30-19-20(27-22(30)29-10-6-8-16(26)13-29)28(2)23(33)31(21(19)32)14-17-15(12-25)7-5-9-18(17)24/h5,7,9,16H,6,8,10-11,13-14,26H2,1-2H3. The number of rotatable bonds is 4. The highest BCUT2D eigenvalue weighted by Crippen LogP contribution is 2.23. The number of piperidine rings is 1. The molecule has 1 unspecified atom stereocenters. The number of halogens is 1. The van der Waals surface area contributed by atoms with Gasteiger partial charge in [-0.25, -0.2) is 9.18 Å². The lowest BCUT2D eigenvalue weighted by Crippen LogP contribution is -2.44. The number of hydrogen-bond donors (Lipinski definition) is 1. The summed E-state index contributed by atoms with van der Waals surface area (Å²) in [6.45, 7) is 2.83. The minimum atomic E-state index is -0.656. The molecule has 1 atom stereocenters. The lowest BCUT2D eigenvalue weighted by molar-refractivity contribution is 0.496. The van der Waals surface area contributed by atoms with E-state index in [4.69, 9.17) is 5.73 Å². The Labute approximate surface area is 189 Å². The quantitative estimate of drug-likeness (QED) is 0.592. The van der Waals surface area contributed by atoms with E-state index in [0.717, 1.165) is 24.0 Å². The van der Waals surface area contributed by atoms with Crippen LogP contribution in [-0.4, -0.2) is 37.8 Å². The van der Waals surface area contributed by atoms with Crippen molar-refractivity contribution in [2.24, 2.45) is 12.8 Å². The third kappa shape index (κ3) is 3.90. The van der Waals surface area contributed by atoms with E-state index in [1.54, 1.807) is 11.5 Å². The van der Waals surface area contributed by atoms with Gasteiger partial charge in [0.15, 0.2) is 11.2 Å². The largest absolute Gasteiger partial charge is 0.341 e. The van der Waals surface area contributed by atoms with Gasteiger partial charge in [0.25, 0.3) is 5.56 Å². The van der Waals surface area contributed by atoms with Gasteiger partial charge in [0.1, 0.15) is 5.82 Å². The molecule has 0 aliphatic carbocycles. The Bertz CT molecular complexity index is 1450.